The van der Waals surface area contributed by atoms with Gasteiger partial charge < -0.3 is 5.11 Å². The Hall–Kier alpha value is -1.71. The Bertz CT molecular complexity index is 813. The van der Waals surface area contributed by atoms with Gasteiger partial charge in [0.1, 0.15) is 6.10 Å². The molecule has 1 unspecified atom stereocenters. The molecule has 3 rings (SSSR count). The number of hydrogen-bond donors (Lipinski definition) is 1. The second-order valence-corrected chi connectivity index (χ2v) is 6.22. The molecule has 0 bridgehead atoms. The maximum atomic E-state index is 10.7. The molecule has 0 saturated heterocycles. The lowest BCUT2D eigenvalue weighted by atomic mass is 9.96. The third-order valence-electron chi connectivity index (χ3n) is 3.70. The number of benzene rings is 2. The van der Waals surface area contributed by atoms with Crippen molar-refractivity contribution in [1.82, 2.24) is 4.98 Å². The average molecular weight is 342 g/mol. The molecule has 2 nitrogen and oxygen atoms in total. The fourth-order valence-electron chi connectivity index (χ4n) is 2.50. The summed E-state index contributed by atoms with van der Waals surface area (Å²) in [6, 6.07) is 15.9. The second-order valence-electron chi connectivity index (χ2n) is 5.31. The maximum absolute atomic E-state index is 10.7. The molecule has 0 spiro atoms. The molecule has 21 heavy (non-hydrogen) atoms. The molecule has 0 saturated carbocycles. The van der Waals surface area contributed by atoms with Crippen LogP contribution in [-0.4, -0.2) is 10.1 Å². The molecular formula is C18H16BrNO. The van der Waals surface area contributed by atoms with Gasteiger partial charge in [-0.25, -0.2) is 0 Å². The highest BCUT2D eigenvalue weighted by atomic mass is 79.9. The van der Waals surface area contributed by atoms with Gasteiger partial charge in [0.2, 0.25) is 0 Å². The molecule has 3 heteroatoms. The summed E-state index contributed by atoms with van der Waals surface area (Å²) >= 11 is 3.46. The second kappa shape index (κ2) is 5.58. The predicted molar refractivity (Wildman–Crippen MR) is 89.4 cm³/mol. The van der Waals surface area contributed by atoms with Crippen LogP contribution in [0.4, 0.5) is 0 Å². The fourth-order valence-corrected chi connectivity index (χ4v) is 2.88. The van der Waals surface area contributed by atoms with E-state index in [1.165, 1.54) is 0 Å². The monoisotopic (exact) mass is 341 g/mol. The van der Waals surface area contributed by atoms with Crippen molar-refractivity contribution < 1.29 is 5.11 Å². The molecule has 2 aromatic carbocycles. The molecule has 3 aromatic rings. The number of halogens is 1. The topological polar surface area (TPSA) is 33.1 Å². The quantitative estimate of drug-likeness (QED) is 0.733. The standard InChI is InChI=1S/C18H16BrNO/c1-11-3-7-15(19)10-16(11)18(21)14-6-8-17-13(9-14)5-4-12(2)20-17/h3-10,18,21H,1-2H3. The van der Waals surface area contributed by atoms with Gasteiger partial charge in [0, 0.05) is 15.6 Å². The number of aliphatic hydroxyl groups excluding tert-OH is 1. The summed E-state index contributed by atoms with van der Waals surface area (Å²) in [7, 11) is 0. The molecule has 106 valence electrons. The van der Waals surface area contributed by atoms with E-state index in [1.54, 1.807) is 0 Å². The van der Waals surface area contributed by atoms with Crippen molar-refractivity contribution in [2.45, 2.75) is 20.0 Å². The van der Waals surface area contributed by atoms with Crippen molar-refractivity contribution in [1.29, 1.82) is 0 Å². The van der Waals surface area contributed by atoms with Gasteiger partial charge in [-0.3, -0.25) is 4.98 Å². The molecule has 1 heterocycles. The summed E-state index contributed by atoms with van der Waals surface area (Å²) in [5.74, 6) is 0. The normalized spacial score (nSPS) is 12.6. The molecule has 0 aliphatic rings. The first-order valence-electron chi connectivity index (χ1n) is 6.86. The fraction of sp³-hybridized carbons (Fsp3) is 0.167. The zero-order valence-corrected chi connectivity index (χ0v) is 13.6. The third-order valence-corrected chi connectivity index (χ3v) is 4.20. The lowest BCUT2D eigenvalue weighted by Crippen LogP contribution is -2.02. The first-order chi connectivity index (χ1) is 10.0. The van der Waals surface area contributed by atoms with E-state index in [9.17, 15) is 5.11 Å². The van der Waals surface area contributed by atoms with Crippen molar-refractivity contribution in [3.63, 3.8) is 0 Å². The molecular weight excluding hydrogens is 326 g/mol. The van der Waals surface area contributed by atoms with Crippen LogP contribution in [0.1, 0.15) is 28.5 Å². The molecule has 1 aromatic heterocycles. The van der Waals surface area contributed by atoms with Gasteiger partial charge in [-0.2, -0.15) is 0 Å². The SMILES string of the molecule is Cc1ccc2cc(C(O)c3cc(Br)ccc3C)ccc2n1. The van der Waals surface area contributed by atoms with E-state index >= 15 is 0 Å². The highest BCUT2D eigenvalue weighted by molar-refractivity contribution is 9.10. The van der Waals surface area contributed by atoms with Crippen LogP contribution in [0, 0.1) is 13.8 Å². The molecule has 0 fully saturated rings. The predicted octanol–water partition coefficient (Wildman–Crippen LogP) is 4.70. The molecule has 0 aliphatic carbocycles. The maximum Gasteiger partial charge on any atom is 0.104 e. The van der Waals surface area contributed by atoms with E-state index in [-0.39, 0.29) is 0 Å². The summed E-state index contributed by atoms with van der Waals surface area (Å²) in [4.78, 5) is 4.49. The van der Waals surface area contributed by atoms with E-state index in [0.29, 0.717) is 0 Å². The van der Waals surface area contributed by atoms with Crippen LogP contribution in [0.3, 0.4) is 0 Å². The minimum absolute atomic E-state index is 0.631. The van der Waals surface area contributed by atoms with Gasteiger partial charge >= 0.3 is 0 Å². The minimum atomic E-state index is -0.631. The third kappa shape index (κ3) is 2.85. The van der Waals surface area contributed by atoms with E-state index in [2.05, 4.69) is 20.9 Å². The van der Waals surface area contributed by atoms with Crippen LogP contribution >= 0.6 is 15.9 Å². The first kappa shape index (κ1) is 14.2. The smallest absolute Gasteiger partial charge is 0.104 e. The number of pyridine rings is 1. The Morgan fingerprint density at radius 3 is 2.62 bits per heavy atom. The summed E-state index contributed by atoms with van der Waals surface area (Å²) < 4.78 is 0.972. The van der Waals surface area contributed by atoms with Crippen molar-refractivity contribution in [2.75, 3.05) is 0 Å². The molecule has 1 N–H and O–H groups in total. The summed E-state index contributed by atoms with van der Waals surface area (Å²) in [5.41, 5.74) is 4.83. The summed E-state index contributed by atoms with van der Waals surface area (Å²) in [5, 5.41) is 11.7. The number of fused-ring (bicyclic) bond motifs is 1. The highest BCUT2D eigenvalue weighted by Gasteiger charge is 2.14. The van der Waals surface area contributed by atoms with Gasteiger partial charge in [-0.05, 0) is 60.9 Å². The van der Waals surface area contributed by atoms with Gasteiger partial charge in [-0.15, -0.1) is 0 Å². The van der Waals surface area contributed by atoms with Crippen molar-refractivity contribution in [2.24, 2.45) is 0 Å². The molecule has 0 aliphatic heterocycles. The number of rotatable bonds is 2. The van der Waals surface area contributed by atoms with E-state index in [4.69, 9.17) is 0 Å². The Morgan fingerprint density at radius 2 is 1.81 bits per heavy atom. The Kier molecular flexibility index (Phi) is 3.79. The van der Waals surface area contributed by atoms with Gasteiger partial charge in [0.25, 0.3) is 0 Å². The van der Waals surface area contributed by atoms with Crippen LogP contribution in [0.15, 0.2) is 53.0 Å². The number of hydrogen-bond acceptors (Lipinski definition) is 2. The molecule has 0 radical (unpaired) electrons. The average Bonchev–Trinajstić information content (AvgIpc) is 2.48. The lowest BCUT2D eigenvalue weighted by Gasteiger charge is -2.15. The summed E-state index contributed by atoms with van der Waals surface area (Å²) in [6.45, 7) is 3.99. The zero-order valence-electron chi connectivity index (χ0n) is 12.0. The summed E-state index contributed by atoms with van der Waals surface area (Å²) in [6.07, 6.45) is -0.631. The van der Waals surface area contributed by atoms with Crippen LogP contribution in [0.25, 0.3) is 10.9 Å². The molecule has 0 amide bonds. The minimum Gasteiger partial charge on any atom is -0.384 e. The number of aromatic nitrogens is 1. The Labute approximate surface area is 132 Å². The van der Waals surface area contributed by atoms with E-state index in [1.807, 2.05) is 62.4 Å². The number of aliphatic hydroxyl groups is 1. The molecule has 1 atom stereocenters. The Morgan fingerprint density at radius 1 is 1.00 bits per heavy atom. The lowest BCUT2D eigenvalue weighted by molar-refractivity contribution is 0.219. The van der Waals surface area contributed by atoms with Crippen molar-refractivity contribution in [3.05, 3.63) is 75.4 Å². The zero-order chi connectivity index (χ0) is 15.0. The van der Waals surface area contributed by atoms with Crippen molar-refractivity contribution >= 4 is 26.8 Å². The van der Waals surface area contributed by atoms with E-state index in [0.717, 1.165) is 37.8 Å². The first-order valence-corrected chi connectivity index (χ1v) is 7.65. The van der Waals surface area contributed by atoms with Gasteiger partial charge in [-0.1, -0.05) is 34.1 Å². The number of nitrogens with zero attached hydrogens (tertiary/aromatic N) is 1. The Balaban J connectivity index is 2.07. The van der Waals surface area contributed by atoms with E-state index < -0.39 is 6.10 Å². The number of aryl methyl sites for hydroxylation is 2. The van der Waals surface area contributed by atoms with Gasteiger partial charge in [0.15, 0.2) is 0 Å². The van der Waals surface area contributed by atoms with Crippen LogP contribution in [-0.2, 0) is 0 Å². The largest absolute Gasteiger partial charge is 0.384 e. The van der Waals surface area contributed by atoms with Crippen LogP contribution in [0.5, 0.6) is 0 Å². The van der Waals surface area contributed by atoms with Crippen LogP contribution in [0.2, 0.25) is 0 Å². The van der Waals surface area contributed by atoms with Crippen molar-refractivity contribution in [3.8, 4) is 0 Å². The van der Waals surface area contributed by atoms with Crippen LogP contribution < -0.4 is 0 Å². The highest BCUT2D eigenvalue weighted by Crippen LogP contribution is 2.29. The van der Waals surface area contributed by atoms with Gasteiger partial charge in [0.05, 0.1) is 5.52 Å².